The van der Waals surface area contributed by atoms with Gasteiger partial charge in [0.2, 0.25) is 0 Å². The van der Waals surface area contributed by atoms with Crippen LogP contribution in [0.4, 0.5) is 0 Å². The molecule has 0 unspecified atom stereocenters. The van der Waals surface area contributed by atoms with Gasteiger partial charge in [0.25, 0.3) is 10.0 Å². The predicted octanol–water partition coefficient (Wildman–Crippen LogP) is 0.592. The molecule has 1 N–H and O–H groups in total. The van der Waals surface area contributed by atoms with E-state index in [9.17, 15) is 13.5 Å². The standard InChI is InChI=1S/C12H14N2O3S/c1-2-12(15)7-14(8-12)11-9-5-3-4-6-10(9)18(16,17)13-11/h3-6,15H,2,7-8H2,1H3. The fraction of sp³-hybridized carbons (Fsp3) is 0.417. The van der Waals surface area contributed by atoms with E-state index in [1.165, 1.54) is 0 Å². The van der Waals surface area contributed by atoms with Crippen LogP contribution in [0.1, 0.15) is 18.9 Å². The lowest BCUT2D eigenvalue weighted by Crippen LogP contribution is -2.63. The van der Waals surface area contributed by atoms with Gasteiger partial charge in [-0.25, -0.2) is 0 Å². The highest BCUT2D eigenvalue weighted by Crippen LogP contribution is 2.32. The number of amidine groups is 1. The van der Waals surface area contributed by atoms with Crippen molar-refractivity contribution in [3.05, 3.63) is 29.8 Å². The van der Waals surface area contributed by atoms with Crippen LogP contribution in [-0.2, 0) is 10.0 Å². The lowest BCUT2D eigenvalue weighted by atomic mass is 9.90. The van der Waals surface area contributed by atoms with Crippen LogP contribution in [0.3, 0.4) is 0 Å². The van der Waals surface area contributed by atoms with Gasteiger partial charge < -0.3 is 10.0 Å². The molecule has 0 aliphatic carbocycles. The fourth-order valence-corrected chi connectivity index (χ4v) is 3.58. The number of likely N-dealkylation sites (tertiary alicyclic amines) is 1. The highest BCUT2D eigenvalue weighted by Gasteiger charge is 2.44. The molecule has 0 spiro atoms. The van der Waals surface area contributed by atoms with E-state index in [1.807, 2.05) is 11.8 Å². The summed E-state index contributed by atoms with van der Waals surface area (Å²) in [5, 5.41) is 9.98. The van der Waals surface area contributed by atoms with E-state index in [0.29, 0.717) is 30.9 Å². The van der Waals surface area contributed by atoms with Gasteiger partial charge in [-0.3, -0.25) is 0 Å². The summed E-state index contributed by atoms with van der Waals surface area (Å²) in [7, 11) is -3.56. The van der Waals surface area contributed by atoms with E-state index in [4.69, 9.17) is 0 Å². The molecule has 1 aromatic rings. The van der Waals surface area contributed by atoms with Gasteiger partial charge in [0, 0.05) is 5.56 Å². The van der Waals surface area contributed by atoms with Crippen molar-refractivity contribution in [2.75, 3.05) is 13.1 Å². The molecule has 2 aliphatic heterocycles. The molecule has 0 aromatic heterocycles. The Morgan fingerprint density at radius 3 is 2.72 bits per heavy atom. The summed E-state index contributed by atoms with van der Waals surface area (Å²) in [6, 6.07) is 6.79. The van der Waals surface area contributed by atoms with Crippen molar-refractivity contribution in [3.8, 4) is 0 Å². The molecule has 6 heteroatoms. The van der Waals surface area contributed by atoms with Crippen LogP contribution in [-0.4, -0.2) is 43.0 Å². The molecule has 0 atom stereocenters. The highest BCUT2D eigenvalue weighted by molar-refractivity contribution is 7.90. The third-order valence-electron chi connectivity index (χ3n) is 3.54. The zero-order valence-electron chi connectivity index (χ0n) is 10.00. The van der Waals surface area contributed by atoms with Gasteiger partial charge in [-0.2, -0.15) is 8.42 Å². The highest BCUT2D eigenvalue weighted by atomic mass is 32.2. The number of fused-ring (bicyclic) bond motifs is 1. The van der Waals surface area contributed by atoms with Gasteiger partial charge in [-0.1, -0.05) is 19.1 Å². The summed E-state index contributed by atoms with van der Waals surface area (Å²) in [5.74, 6) is 0.462. The van der Waals surface area contributed by atoms with Crippen molar-refractivity contribution < 1.29 is 13.5 Å². The van der Waals surface area contributed by atoms with Gasteiger partial charge in [-0.05, 0) is 18.6 Å². The number of nitrogens with zero attached hydrogens (tertiary/aromatic N) is 2. The first kappa shape index (κ1) is 11.7. The third-order valence-corrected chi connectivity index (χ3v) is 4.87. The average molecular weight is 266 g/mol. The predicted molar refractivity (Wildman–Crippen MR) is 67.0 cm³/mol. The van der Waals surface area contributed by atoms with Gasteiger partial charge in [-0.15, -0.1) is 4.40 Å². The molecule has 1 aromatic carbocycles. The molecule has 18 heavy (non-hydrogen) atoms. The number of hydrogen-bond acceptors (Lipinski definition) is 4. The van der Waals surface area contributed by atoms with E-state index >= 15 is 0 Å². The molecule has 0 saturated carbocycles. The van der Waals surface area contributed by atoms with E-state index in [1.54, 1.807) is 24.3 Å². The first-order chi connectivity index (χ1) is 8.45. The minimum Gasteiger partial charge on any atom is -0.386 e. The quantitative estimate of drug-likeness (QED) is 0.807. The normalized spacial score (nSPS) is 23.2. The van der Waals surface area contributed by atoms with Crippen molar-refractivity contribution in [3.63, 3.8) is 0 Å². The molecule has 0 bridgehead atoms. The SMILES string of the molecule is CCC1(O)CN(C2=NS(=O)(=O)c3ccccc32)C1. The van der Waals surface area contributed by atoms with Gasteiger partial charge >= 0.3 is 0 Å². The number of benzene rings is 1. The van der Waals surface area contributed by atoms with E-state index in [-0.39, 0.29) is 4.90 Å². The Hall–Kier alpha value is -1.40. The van der Waals surface area contributed by atoms with Crippen molar-refractivity contribution in [2.24, 2.45) is 4.40 Å². The van der Waals surface area contributed by atoms with Crippen LogP contribution in [0, 0.1) is 0 Å². The number of rotatable bonds is 1. The monoisotopic (exact) mass is 266 g/mol. The largest absolute Gasteiger partial charge is 0.386 e. The Morgan fingerprint density at radius 2 is 2.06 bits per heavy atom. The van der Waals surface area contributed by atoms with Gasteiger partial charge in [0.05, 0.1) is 18.7 Å². The minimum atomic E-state index is -3.56. The molecule has 2 aliphatic rings. The van der Waals surface area contributed by atoms with Crippen LogP contribution in [0.2, 0.25) is 0 Å². The molecule has 2 heterocycles. The second kappa shape index (κ2) is 3.55. The molecule has 0 amide bonds. The lowest BCUT2D eigenvalue weighted by molar-refractivity contribution is -0.0676. The van der Waals surface area contributed by atoms with Crippen LogP contribution in [0.15, 0.2) is 33.6 Å². The minimum absolute atomic E-state index is 0.256. The van der Waals surface area contributed by atoms with Crippen molar-refractivity contribution in [1.82, 2.24) is 4.90 Å². The van der Waals surface area contributed by atoms with E-state index in [2.05, 4.69) is 4.40 Å². The van der Waals surface area contributed by atoms with Crippen LogP contribution < -0.4 is 0 Å². The summed E-state index contributed by atoms with van der Waals surface area (Å²) in [5.41, 5.74) is -0.0697. The first-order valence-corrected chi connectivity index (χ1v) is 7.31. The van der Waals surface area contributed by atoms with Crippen molar-refractivity contribution in [1.29, 1.82) is 0 Å². The van der Waals surface area contributed by atoms with E-state index < -0.39 is 15.6 Å². The summed E-state index contributed by atoms with van der Waals surface area (Å²) >= 11 is 0. The number of β-amino-alcohol motifs (C(OH)–C–C–N with tert-alkyl or cyclic N) is 1. The summed E-state index contributed by atoms with van der Waals surface area (Å²) in [4.78, 5) is 2.07. The molecular weight excluding hydrogens is 252 g/mol. The topological polar surface area (TPSA) is 70.0 Å². The molecule has 1 saturated heterocycles. The maximum Gasteiger partial charge on any atom is 0.285 e. The fourth-order valence-electron chi connectivity index (χ4n) is 2.35. The third kappa shape index (κ3) is 1.56. The Labute approximate surface area is 106 Å². The Balaban J connectivity index is 1.97. The number of aliphatic hydroxyl groups is 1. The van der Waals surface area contributed by atoms with Crippen LogP contribution in [0.5, 0.6) is 0 Å². The Morgan fingerprint density at radius 1 is 1.39 bits per heavy atom. The van der Waals surface area contributed by atoms with Crippen molar-refractivity contribution in [2.45, 2.75) is 23.8 Å². The summed E-state index contributed by atoms with van der Waals surface area (Å²) < 4.78 is 27.5. The second-order valence-electron chi connectivity index (χ2n) is 4.82. The zero-order valence-corrected chi connectivity index (χ0v) is 10.8. The smallest absolute Gasteiger partial charge is 0.285 e. The maximum absolute atomic E-state index is 11.9. The molecule has 0 radical (unpaired) electrons. The average Bonchev–Trinajstić information content (AvgIpc) is 2.58. The maximum atomic E-state index is 11.9. The second-order valence-corrected chi connectivity index (χ2v) is 6.39. The summed E-state index contributed by atoms with van der Waals surface area (Å²) in [6.45, 7) is 2.79. The Bertz CT molecular complexity index is 630. The molecular formula is C12H14N2O3S. The molecule has 5 nitrogen and oxygen atoms in total. The lowest BCUT2D eigenvalue weighted by Gasteiger charge is -2.47. The number of sulfonamides is 1. The molecule has 96 valence electrons. The molecule has 3 rings (SSSR count). The van der Waals surface area contributed by atoms with Crippen molar-refractivity contribution >= 4 is 15.9 Å². The summed E-state index contributed by atoms with van der Waals surface area (Å²) in [6.07, 6.45) is 0.658. The van der Waals surface area contributed by atoms with Crippen LogP contribution >= 0.6 is 0 Å². The van der Waals surface area contributed by atoms with Gasteiger partial charge in [0.15, 0.2) is 5.84 Å². The number of hydrogen-bond donors (Lipinski definition) is 1. The van der Waals surface area contributed by atoms with Gasteiger partial charge in [0.1, 0.15) is 4.90 Å². The molecule has 1 fully saturated rings. The van der Waals surface area contributed by atoms with Crippen LogP contribution in [0.25, 0.3) is 0 Å². The van der Waals surface area contributed by atoms with E-state index in [0.717, 1.165) is 0 Å². The zero-order chi connectivity index (χ0) is 13.0. The Kier molecular flexibility index (Phi) is 2.30. The first-order valence-electron chi connectivity index (χ1n) is 5.87.